The molecule has 0 spiro atoms. The number of benzene rings is 2. The summed E-state index contributed by atoms with van der Waals surface area (Å²) in [5.41, 5.74) is 6.25. The predicted molar refractivity (Wildman–Crippen MR) is 108 cm³/mol. The maximum Gasteiger partial charge on any atom is 0.336 e. The largest absolute Gasteiger partial charge is 0.478 e. The summed E-state index contributed by atoms with van der Waals surface area (Å²) in [6.07, 6.45) is 5.50. The molecule has 0 heterocycles. The zero-order valence-corrected chi connectivity index (χ0v) is 16.2. The molecule has 3 rings (SSSR count). The van der Waals surface area contributed by atoms with E-state index in [1.54, 1.807) is 6.07 Å². The average molecular weight is 348 g/mol. The van der Waals surface area contributed by atoms with Gasteiger partial charge in [-0.1, -0.05) is 63.2 Å². The van der Waals surface area contributed by atoms with Crippen LogP contribution in [0.25, 0.3) is 5.57 Å². The Balaban J connectivity index is 2.22. The van der Waals surface area contributed by atoms with Crippen molar-refractivity contribution in [1.29, 1.82) is 0 Å². The molecule has 2 aromatic rings. The van der Waals surface area contributed by atoms with E-state index < -0.39 is 5.97 Å². The van der Waals surface area contributed by atoms with Gasteiger partial charge in [-0.3, -0.25) is 0 Å². The maximum absolute atomic E-state index is 11.9. The van der Waals surface area contributed by atoms with Crippen LogP contribution in [-0.2, 0) is 6.42 Å². The predicted octanol–water partition coefficient (Wildman–Crippen LogP) is 6.30. The molecule has 1 aliphatic rings. The number of hydrogen-bond acceptors (Lipinski definition) is 1. The highest BCUT2D eigenvalue weighted by Crippen LogP contribution is 2.41. The number of aryl methyl sites for hydroxylation is 1. The van der Waals surface area contributed by atoms with Crippen LogP contribution >= 0.6 is 0 Å². The molecule has 0 radical (unpaired) electrons. The number of aromatic carboxylic acids is 1. The zero-order chi connectivity index (χ0) is 18.9. The van der Waals surface area contributed by atoms with Crippen LogP contribution in [0, 0.1) is 5.41 Å². The molecule has 1 aliphatic carbocycles. The van der Waals surface area contributed by atoms with Gasteiger partial charge in [0, 0.05) is 5.92 Å². The Hall–Kier alpha value is -2.35. The van der Waals surface area contributed by atoms with E-state index in [-0.39, 0.29) is 11.3 Å². The molecule has 2 aromatic carbocycles. The first-order valence-electron chi connectivity index (χ1n) is 9.42. The Morgan fingerprint density at radius 1 is 1.08 bits per heavy atom. The summed E-state index contributed by atoms with van der Waals surface area (Å²) in [5.74, 6) is -0.592. The Morgan fingerprint density at radius 2 is 1.77 bits per heavy atom. The van der Waals surface area contributed by atoms with Gasteiger partial charge in [0.2, 0.25) is 0 Å². The average Bonchev–Trinajstić information content (AvgIpc) is 2.59. The SMILES string of the molecule is CC(=CC(C)(C)C)c1c(C(=O)O)cccc1C1CCCc2ccccc21. The minimum Gasteiger partial charge on any atom is -0.478 e. The van der Waals surface area contributed by atoms with Crippen molar-refractivity contribution in [3.05, 3.63) is 76.4 Å². The minimum atomic E-state index is -0.854. The molecule has 0 bridgehead atoms. The highest BCUT2D eigenvalue weighted by atomic mass is 16.4. The van der Waals surface area contributed by atoms with Crippen molar-refractivity contribution in [2.45, 2.75) is 52.9 Å². The summed E-state index contributed by atoms with van der Waals surface area (Å²) >= 11 is 0. The summed E-state index contributed by atoms with van der Waals surface area (Å²) in [4.78, 5) is 11.9. The number of carboxylic acids is 1. The van der Waals surface area contributed by atoms with E-state index in [0.29, 0.717) is 5.56 Å². The van der Waals surface area contributed by atoms with E-state index in [9.17, 15) is 9.90 Å². The number of hydrogen-bond donors (Lipinski definition) is 1. The van der Waals surface area contributed by atoms with Gasteiger partial charge in [0.05, 0.1) is 5.56 Å². The molecular weight excluding hydrogens is 320 g/mol. The van der Waals surface area contributed by atoms with Gasteiger partial charge in [-0.05, 0) is 65.5 Å². The lowest BCUT2D eigenvalue weighted by Crippen LogP contribution is -2.15. The lowest BCUT2D eigenvalue weighted by atomic mass is 9.75. The maximum atomic E-state index is 11.9. The van der Waals surface area contributed by atoms with Crippen molar-refractivity contribution in [3.8, 4) is 0 Å². The van der Waals surface area contributed by atoms with Crippen molar-refractivity contribution in [3.63, 3.8) is 0 Å². The molecule has 0 saturated carbocycles. The third-order valence-corrected chi connectivity index (χ3v) is 5.12. The van der Waals surface area contributed by atoms with Crippen LogP contribution in [-0.4, -0.2) is 11.1 Å². The fourth-order valence-electron chi connectivity index (χ4n) is 4.28. The standard InChI is InChI=1S/C24H28O2/c1-16(15-24(2,3)4)22-20(13-8-14-21(22)23(25)26)19-12-7-10-17-9-5-6-11-18(17)19/h5-6,8-9,11,13-15,19H,7,10,12H2,1-4H3,(H,25,26). The molecule has 136 valence electrons. The second-order valence-corrected chi connectivity index (χ2v) is 8.41. The quantitative estimate of drug-likeness (QED) is 0.706. The molecule has 0 aromatic heterocycles. The Labute approximate surface area is 156 Å². The van der Waals surface area contributed by atoms with E-state index in [1.165, 1.54) is 11.1 Å². The van der Waals surface area contributed by atoms with Gasteiger partial charge in [0.15, 0.2) is 0 Å². The number of fused-ring (bicyclic) bond motifs is 1. The number of carbonyl (C=O) groups is 1. The van der Waals surface area contributed by atoms with Crippen LogP contribution in [0.1, 0.15) is 79.1 Å². The molecule has 1 atom stereocenters. The summed E-state index contributed by atoms with van der Waals surface area (Å²) in [7, 11) is 0. The summed E-state index contributed by atoms with van der Waals surface area (Å²) < 4.78 is 0. The van der Waals surface area contributed by atoms with Crippen LogP contribution in [0.4, 0.5) is 0 Å². The molecule has 0 fully saturated rings. The minimum absolute atomic E-state index is 0.00254. The highest BCUT2D eigenvalue weighted by molar-refractivity contribution is 5.95. The van der Waals surface area contributed by atoms with E-state index in [4.69, 9.17) is 0 Å². The van der Waals surface area contributed by atoms with Crippen molar-refractivity contribution in [2.75, 3.05) is 0 Å². The molecule has 0 amide bonds. The Bertz CT molecular complexity index is 853. The van der Waals surface area contributed by atoms with Crippen molar-refractivity contribution < 1.29 is 9.90 Å². The first-order valence-corrected chi connectivity index (χ1v) is 9.42. The van der Waals surface area contributed by atoms with Crippen LogP contribution in [0.3, 0.4) is 0 Å². The van der Waals surface area contributed by atoms with Crippen molar-refractivity contribution in [1.82, 2.24) is 0 Å². The second-order valence-electron chi connectivity index (χ2n) is 8.41. The fourth-order valence-corrected chi connectivity index (χ4v) is 4.28. The summed E-state index contributed by atoms with van der Waals surface area (Å²) in [5, 5.41) is 9.80. The van der Waals surface area contributed by atoms with Gasteiger partial charge in [-0.25, -0.2) is 4.79 Å². The smallest absolute Gasteiger partial charge is 0.336 e. The van der Waals surface area contributed by atoms with Gasteiger partial charge < -0.3 is 5.11 Å². The third-order valence-electron chi connectivity index (χ3n) is 5.12. The molecule has 1 unspecified atom stereocenters. The van der Waals surface area contributed by atoms with Crippen LogP contribution in [0.2, 0.25) is 0 Å². The summed E-state index contributed by atoms with van der Waals surface area (Å²) in [6, 6.07) is 14.4. The van der Waals surface area contributed by atoms with Gasteiger partial charge in [-0.2, -0.15) is 0 Å². The number of rotatable bonds is 3. The number of allylic oxidation sites excluding steroid dienone is 2. The zero-order valence-electron chi connectivity index (χ0n) is 16.2. The van der Waals surface area contributed by atoms with E-state index in [2.05, 4.69) is 57.2 Å². The molecule has 2 nitrogen and oxygen atoms in total. The van der Waals surface area contributed by atoms with E-state index in [1.807, 2.05) is 13.0 Å². The molecule has 0 saturated heterocycles. The lowest BCUT2D eigenvalue weighted by Gasteiger charge is -2.29. The fraction of sp³-hybridized carbons (Fsp3) is 0.375. The molecule has 0 aliphatic heterocycles. The topological polar surface area (TPSA) is 37.3 Å². The van der Waals surface area contributed by atoms with Gasteiger partial charge in [-0.15, -0.1) is 0 Å². The van der Waals surface area contributed by atoms with E-state index >= 15 is 0 Å². The van der Waals surface area contributed by atoms with Crippen LogP contribution in [0.15, 0.2) is 48.5 Å². The molecule has 1 N–H and O–H groups in total. The normalized spacial score (nSPS) is 17.7. The lowest BCUT2D eigenvalue weighted by molar-refractivity contribution is 0.0696. The van der Waals surface area contributed by atoms with Crippen LogP contribution < -0.4 is 0 Å². The Kier molecular flexibility index (Phi) is 5.04. The number of carboxylic acid groups (broad SMARTS) is 1. The monoisotopic (exact) mass is 348 g/mol. The first-order chi connectivity index (χ1) is 12.3. The van der Waals surface area contributed by atoms with Gasteiger partial charge in [0.25, 0.3) is 0 Å². The van der Waals surface area contributed by atoms with E-state index in [0.717, 1.165) is 36.0 Å². The Morgan fingerprint density at radius 3 is 2.46 bits per heavy atom. The van der Waals surface area contributed by atoms with Gasteiger partial charge in [0.1, 0.15) is 0 Å². The van der Waals surface area contributed by atoms with Crippen molar-refractivity contribution in [2.24, 2.45) is 5.41 Å². The van der Waals surface area contributed by atoms with Crippen molar-refractivity contribution >= 4 is 11.5 Å². The highest BCUT2D eigenvalue weighted by Gasteiger charge is 2.26. The van der Waals surface area contributed by atoms with Crippen LogP contribution in [0.5, 0.6) is 0 Å². The second kappa shape index (κ2) is 7.11. The van der Waals surface area contributed by atoms with Gasteiger partial charge >= 0.3 is 5.97 Å². The first kappa shape index (κ1) is 18.4. The molecular formula is C24H28O2. The summed E-state index contributed by atoms with van der Waals surface area (Å²) in [6.45, 7) is 8.49. The molecule has 2 heteroatoms. The third kappa shape index (κ3) is 3.75. The molecule has 26 heavy (non-hydrogen) atoms.